The number of rotatable bonds is 5. The van der Waals surface area contributed by atoms with Crippen molar-refractivity contribution < 1.29 is 14.3 Å². The van der Waals surface area contributed by atoms with Crippen LogP contribution in [0.25, 0.3) is 0 Å². The minimum atomic E-state index is -0.156. The first-order valence-corrected chi connectivity index (χ1v) is 7.60. The SMILES string of the molecule is COc1ccc(OC)c(NC(=O)c2cc(C)n(C(C)C)c2C)c1. The van der Waals surface area contributed by atoms with E-state index in [1.165, 1.54) is 0 Å². The van der Waals surface area contributed by atoms with Crippen molar-refractivity contribution in [3.05, 3.63) is 41.2 Å². The molecule has 5 heteroatoms. The second-order valence-electron chi connectivity index (χ2n) is 5.77. The molecule has 1 aromatic carbocycles. The zero-order chi connectivity index (χ0) is 17.1. The van der Waals surface area contributed by atoms with Crippen LogP contribution in [0.3, 0.4) is 0 Å². The highest BCUT2D eigenvalue weighted by molar-refractivity contribution is 6.06. The Hall–Kier alpha value is -2.43. The van der Waals surface area contributed by atoms with Gasteiger partial charge in [-0.2, -0.15) is 0 Å². The minimum absolute atomic E-state index is 0.156. The summed E-state index contributed by atoms with van der Waals surface area (Å²) in [5.74, 6) is 1.10. The van der Waals surface area contributed by atoms with Crippen molar-refractivity contribution in [2.24, 2.45) is 0 Å². The lowest BCUT2D eigenvalue weighted by molar-refractivity contribution is 0.102. The van der Waals surface area contributed by atoms with Gasteiger partial charge >= 0.3 is 0 Å². The summed E-state index contributed by atoms with van der Waals surface area (Å²) < 4.78 is 12.7. The van der Waals surface area contributed by atoms with E-state index < -0.39 is 0 Å². The van der Waals surface area contributed by atoms with Crippen molar-refractivity contribution in [2.45, 2.75) is 33.7 Å². The topological polar surface area (TPSA) is 52.5 Å². The zero-order valence-corrected chi connectivity index (χ0v) is 14.6. The molecule has 0 saturated heterocycles. The average Bonchev–Trinajstić information content (AvgIpc) is 2.82. The number of aromatic nitrogens is 1. The van der Waals surface area contributed by atoms with Gasteiger partial charge in [0.15, 0.2) is 0 Å². The molecule has 1 N–H and O–H groups in total. The van der Waals surface area contributed by atoms with Crippen molar-refractivity contribution in [1.82, 2.24) is 4.57 Å². The van der Waals surface area contributed by atoms with Gasteiger partial charge in [0, 0.05) is 23.5 Å². The highest BCUT2D eigenvalue weighted by atomic mass is 16.5. The Morgan fingerprint density at radius 3 is 2.35 bits per heavy atom. The van der Waals surface area contributed by atoms with Gasteiger partial charge in [-0.25, -0.2) is 0 Å². The molecule has 0 atom stereocenters. The third-order valence-electron chi connectivity index (χ3n) is 3.90. The van der Waals surface area contributed by atoms with Crippen LogP contribution in [0.2, 0.25) is 0 Å². The van der Waals surface area contributed by atoms with Gasteiger partial charge in [-0.3, -0.25) is 4.79 Å². The number of amides is 1. The highest BCUT2D eigenvalue weighted by Gasteiger charge is 2.18. The lowest BCUT2D eigenvalue weighted by Gasteiger charge is -2.14. The summed E-state index contributed by atoms with van der Waals surface area (Å²) >= 11 is 0. The Morgan fingerprint density at radius 1 is 1.13 bits per heavy atom. The van der Waals surface area contributed by atoms with Crippen LogP contribution in [-0.2, 0) is 0 Å². The molecular weight excluding hydrogens is 292 g/mol. The van der Waals surface area contributed by atoms with Crippen molar-refractivity contribution >= 4 is 11.6 Å². The van der Waals surface area contributed by atoms with Gasteiger partial charge in [-0.15, -0.1) is 0 Å². The molecule has 2 aromatic rings. The maximum Gasteiger partial charge on any atom is 0.257 e. The van der Waals surface area contributed by atoms with E-state index in [9.17, 15) is 4.79 Å². The Balaban J connectivity index is 2.35. The van der Waals surface area contributed by atoms with Crippen LogP contribution in [0.4, 0.5) is 5.69 Å². The van der Waals surface area contributed by atoms with E-state index in [2.05, 4.69) is 23.7 Å². The van der Waals surface area contributed by atoms with Crippen LogP contribution in [0.1, 0.15) is 41.6 Å². The molecule has 0 unspecified atom stereocenters. The monoisotopic (exact) mass is 316 g/mol. The number of methoxy groups -OCH3 is 2. The smallest absolute Gasteiger partial charge is 0.257 e. The van der Waals surface area contributed by atoms with Gasteiger partial charge in [0.05, 0.1) is 25.5 Å². The number of aryl methyl sites for hydroxylation is 1. The van der Waals surface area contributed by atoms with E-state index in [1.54, 1.807) is 32.4 Å². The third kappa shape index (κ3) is 3.33. The molecule has 0 spiro atoms. The van der Waals surface area contributed by atoms with E-state index in [4.69, 9.17) is 9.47 Å². The van der Waals surface area contributed by atoms with Gasteiger partial charge < -0.3 is 19.4 Å². The Kier molecular flexibility index (Phi) is 4.98. The van der Waals surface area contributed by atoms with Gasteiger partial charge in [-0.05, 0) is 45.9 Å². The molecule has 5 nitrogen and oxygen atoms in total. The van der Waals surface area contributed by atoms with E-state index in [1.807, 2.05) is 19.9 Å². The second-order valence-corrected chi connectivity index (χ2v) is 5.77. The number of nitrogens with zero attached hydrogens (tertiary/aromatic N) is 1. The number of anilines is 1. The number of nitrogens with one attached hydrogen (secondary N) is 1. The molecule has 0 fully saturated rings. The summed E-state index contributed by atoms with van der Waals surface area (Å²) in [6.45, 7) is 8.18. The lowest BCUT2D eigenvalue weighted by Crippen LogP contribution is -2.14. The largest absolute Gasteiger partial charge is 0.497 e. The standard InChI is InChI=1S/C18H24N2O3/c1-11(2)20-12(3)9-15(13(20)4)18(21)19-16-10-14(22-5)7-8-17(16)23-6/h7-11H,1-6H3,(H,19,21). The summed E-state index contributed by atoms with van der Waals surface area (Å²) in [6.07, 6.45) is 0. The first kappa shape index (κ1) is 16.9. The summed E-state index contributed by atoms with van der Waals surface area (Å²) in [6, 6.07) is 7.53. The second kappa shape index (κ2) is 6.77. The highest BCUT2D eigenvalue weighted by Crippen LogP contribution is 2.30. The Bertz CT molecular complexity index is 717. The number of hydrogen-bond acceptors (Lipinski definition) is 3. The minimum Gasteiger partial charge on any atom is -0.497 e. The van der Waals surface area contributed by atoms with Crippen LogP contribution in [0.5, 0.6) is 11.5 Å². The zero-order valence-electron chi connectivity index (χ0n) is 14.6. The summed E-state index contributed by atoms with van der Waals surface area (Å²) in [5.41, 5.74) is 3.28. The first-order chi connectivity index (χ1) is 10.9. The van der Waals surface area contributed by atoms with Crippen molar-refractivity contribution in [3.8, 4) is 11.5 Å². The molecular formula is C18H24N2O3. The number of carbonyl (C=O) groups excluding carboxylic acids is 1. The van der Waals surface area contributed by atoms with Gasteiger partial charge in [0.2, 0.25) is 0 Å². The fourth-order valence-electron chi connectivity index (χ4n) is 2.90. The molecule has 23 heavy (non-hydrogen) atoms. The molecule has 0 aliphatic rings. The van der Waals surface area contributed by atoms with Crippen LogP contribution in [-0.4, -0.2) is 24.7 Å². The number of hydrogen-bond donors (Lipinski definition) is 1. The van der Waals surface area contributed by atoms with Crippen LogP contribution in [0.15, 0.2) is 24.3 Å². The van der Waals surface area contributed by atoms with E-state index in [-0.39, 0.29) is 5.91 Å². The van der Waals surface area contributed by atoms with E-state index in [0.29, 0.717) is 28.8 Å². The number of benzene rings is 1. The maximum absolute atomic E-state index is 12.7. The molecule has 1 aromatic heterocycles. The fraction of sp³-hybridized carbons (Fsp3) is 0.389. The van der Waals surface area contributed by atoms with E-state index >= 15 is 0 Å². The van der Waals surface area contributed by atoms with Gasteiger partial charge in [0.1, 0.15) is 11.5 Å². The van der Waals surface area contributed by atoms with Gasteiger partial charge in [0.25, 0.3) is 5.91 Å². The Labute approximate surface area is 137 Å². The molecule has 1 amide bonds. The van der Waals surface area contributed by atoms with Crippen molar-refractivity contribution in [3.63, 3.8) is 0 Å². The van der Waals surface area contributed by atoms with Gasteiger partial charge in [-0.1, -0.05) is 0 Å². The van der Waals surface area contributed by atoms with Crippen LogP contribution < -0.4 is 14.8 Å². The molecule has 0 aliphatic carbocycles. The predicted molar refractivity (Wildman–Crippen MR) is 91.8 cm³/mol. The number of carbonyl (C=O) groups is 1. The van der Waals surface area contributed by atoms with Crippen LogP contribution in [0, 0.1) is 13.8 Å². The molecule has 124 valence electrons. The molecule has 2 rings (SSSR count). The van der Waals surface area contributed by atoms with E-state index in [0.717, 1.165) is 11.4 Å². The average molecular weight is 316 g/mol. The molecule has 0 saturated carbocycles. The molecule has 0 bridgehead atoms. The summed E-state index contributed by atoms with van der Waals surface area (Å²) in [5, 5.41) is 2.92. The maximum atomic E-state index is 12.7. The van der Waals surface area contributed by atoms with Crippen LogP contribution >= 0.6 is 0 Å². The Morgan fingerprint density at radius 2 is 1.83 bits per heavy atom. The predicted octanol–water partition coefficient (Wildman–Crippen LogP) is 3.96. The molecule has 0 aliphatic heterocycles. The summed E-state index contributed by atoms with van der Waals surface area (Å²) in [4.78, 5) is 12.7. The fourth-order valence-corrected chi connectivity index (χ4v) is 2.90. The number of ether oxygens (including phenoxy) is 2. The molecule has 0 radical (unpaired) electrons. The quantitative estimate of drug-likeness (QED) is 0.908. The normalized spacial score (nSPS) is 10.7. The van der Waals surface area contributed by atoms with Crippen molar-refractivity contribution in [2.75, 3.05) is 19.5 Å². The van der Waals surface area contributed by atoms with Crippen molar-refractivity contribution in [1.29, 1.82) is 0 Å². The summed E-state index contributed by atoms with van der Waals surface area (Å²) in [7, 11) is 3.16. The first-order valence-electron chi connectivity index (χ1n) is 7.60. The third-order valence-corrected chi connectivity index (χ3v) is 3.90. The lowest BCUT2D eigenvalue weighted by atomic mass is 10.2. The molecule has 1 heterocycles.